The number of ether oxygens (including phenoxy) is 1. The molecule has 0 radical (unpaired) electrons. The van der Waals surface area contributed by atoms with E-state index in [1.165, 1.54) is 16.7 Å². The van der Waals surface area contributed by atoms with Crippen molar-refractivity contribution in [2.45, 2.75) is 125 Å². The van der Waals surface area contributed by atoms with Crippen LogP contribution in [0.5, 0.6) is 5.75 Å². The fourth-order valence-corrected chi connectivity index (χ4v) is 7.11. The summed E-state index contributed by atoms with van der Waals surface area (Å²) in [6.45, 7) is 16.3. The number of rotatable bonds is 23. The molecular weight excluding hydrogens is 663 g/mol. The molecule has 1 aliphatic heterocycles. The fraction of sp³-hybridized carbons (Fsp3) is 0.585. The number of anilines is 1. The molecule has 0 aromatic heterocycles. The predicted molar refractivity (Wildman–Crippen MR) is 208 cm³/mol. The van der Waals surface area contributed by atoms with Crippen molar-refractivity contribution in [1.29, 1.82) is 0 Å². The Bertz CT molecular complexity index is 1460. The molecule has 0 bridgehead atoms. The molecule has 284 valence electrons. The van der Waals surface area contributed by atoms with Crippen molar-refractivity contribution in [2.75, 3.05) is 38.3 Å². The summed E-state index contributed by atoms with van der Waals surface area (Å²) < 4.78 is 37.8. The van der Waals surface area contributed by atoms with Crippen LogP contribution in [0, 0.1) is 0 Å². The number of phenolic OH excluding ortho intramolecular Hbond substituents is 1. The Labute approximate surface area is 307 Å². The third-order valence-electron chi connectivity index (χ3n) is 8.98. The van der Waals surface area contributed by atoms with Gasteiger partial charge in [-0.25, -0.2) is 4.57 Å². The first-order valence-corrected chi connectivity index (χ1v) is 20.4. The van der Waals surface area contributed by atoms with Gasteiger partial charge in [-0.2, -0.15) is 0 Å². The van der Waals surface area contributed by atoms with Gasteiger partial charge in [-0.15, -0.1) is 0 Å². The molecule has 3 rings (SSSR count). The number of nitrogens with zero attached hydrogens (tertiary/aromatic N) is 1. The number of nitrogens with one attached hydrogen (secondary N) is 1. The number of hydrogen-bond acceptors (Lipinski definition) is 8. The van der Waals surface area contributed by atoms with Crippen molar-refractivity contribution < 1.29 is 32.8 Å². The van der Waals surface area contributed by atoms with Gasteiger partial charge in [0.2, 0.25) is 0 Å². The number of allylic oxidation sites excluding steroid dienone is 6. The van der Waals surface area contributed by atoms with E-state index in [1.54, 1.807) is 29.2 Å². The number of amides is 1. The Hall–Kier alpha value is -3.10. The van der Waals surface area contributed by atoms with E-state index in [4.69, 9.17) is 18.3 Å². The first-order chi connectivity index (χ1) is 24.5. The van der Waals surface area contributed by atoms with Crippen LogP contribution in [-0.2, 0) is 22.9 Å². The van der Waals surface area contributed by atoms with Crippen LogP contribution >= 0.6 is 7.82 Å². The van der Waals surface area contributed by atoms with Gasteiger partial charge in [-0.1, -0.05) is 81.0 Å². The number of carbonyl (C=O) groups is 1. The van der Waals surface area contributed by atoms with E-state index < -0.39 is 19.9 Å². The molecule has 51 heavy (non-hydrogen) atoms. The molecule has 0 fully saturated rings. The van der Waals surface area contributed by atoms with Gasteiger partial charge in [0.05, 0.1) is 43.2 Å². The minimum absolute atomic E-state index is 0.00431. The Morgan fingerprint density at radius 2 is 1.53 bits per heavy atom. The molecule has 1 aromatic rings. The van der Waals surface area contributed by atoms with Gasteiger partial charge >= 0.3 is 7.82 Å². The molecule has 0 spiro atoms. The maximum absolute atomic E-state index is 14.4. The molecule has 9 nitrogen and oxygen atoms in total. The van der Waals surface area contributed by atoms with E-state index in [1.807, 2.05) is 19.9 Å². The number of carbonyl (C=O) groups excluding carboxylic acids is 1. The zero-order chi connectivity index (χ0) is 37.2. The average molecular weight is 727 g/mol. The first kappa shape index (κ1) is 42.3. The number of benzene rings is 1. The third kappa shape index (κ3) is 13.8. The highest BCUT2D eigenvalue weighted by Crippen LogP contribution is 2.53. The van der Waals surface area contributed by atoms with Crippen molar-refractivity contribution in [2.24, 2.45) is 0 Å². The van der Waals surface area contributed by atoms with Gasteiger partial charge in [0.1, 0.15) is 11.5 Å². The van der Waals surface area contributed by atoms with E-state index in [-0.39, 0.29) is 31.5 Å². The lowest BCUT2D eigenvalue weighted by Crippen LogP contribution is -2.49. The number of unbranched alkanes of at least 4 members (excludes halogenated alkanes) is 3. The molecule has 0 saturated heterocycles. The number of fused-ring (bicyclic) bond motifs is 2. The zero-order valence-corrected chi connectivity index (χ0v) is 33.1. The molecule has 1 aliphatic carbocycles. The van der Waals surface area contributed by atoms with E-state index in [0.29, 0.717) is 43.0 Å². The summed E-state index contributed by atoms with van der Waals surface area (Å²) in [5.74, 6) is 0.0616. The summed E-state index contributed by atoms with van der Waals surface area (Å²) in [5.41, 5.74) is 5.45. The summed E-state index contributed by atoms with van der Waals surface area (Å²) >= 11 is 0. The lowest BCUT2D eigenvalue weighted by atomic mass is 9.92. The molecule has 2 N–H and O–H groups in total. The van der Waals surface area contributed by atoms with Crippen molar-refractivity contribution >= 4 is 19.4 Å². The molecule has 2 aliphatic rings. The molecule has 2 atom stereocenters. The fourth-order valence-electron chi connectivity index (χ4n) is 5.85. The standard InChI is InChI=1S/C41H63N2O7P/c1-8-11-25-47-30-34-28-35(50-51(46,48-26-12-9-2)49-27-13-10-3)29-37-39(34)42-40-36(21-16-22-38(40)44)41(45)43(37)24-23-33(7)20-15-19-32(6)18-14-17-31(4)5/h16-17,19,21-23,28-29,37,39,42,44H,8-15,18,20,24-27,30H2,1-7H3/b32-19+,33-23+. The van der Waals surface area contributed by atoms with Gasteiger partial charge in [0.15, 0.2) is 0 Å². The van der Waals surface area contributed by atoms with E-state index >= 15 is 0 Å². The predicted octanol–water partition coefficient (Wildman–Crippen LogP) is 10.8. The van der Waals surface area contributed by atoms with Crippen LogP contribution in [0.2, 0.25) is 0 Å². The van der Waals surface area contributed by atoms with Gasteiger partial charge in [-0.05, 0) is 102 Å². The third-order valence-corrected chi connectivity index (χ3v) is 10.4. The molecule has 1 heterocycles. The quantitative estimate of drug-likeness (QED) is 0.0497. The van der Waals surface area contributed by atoms with Crippen LogP contribution in [0.15, 0.2) is 76.6 Å². The molecular formula is C41H63N2O7P. The molecule has 0 saturated carbocycles. The van der Waals surface area contributed by atoms with Gasteiger partial charge in [0, 0.05) is 13.2 Å². The van der Waals surface area contributed by atoms with Crippen molar-refractivity contribution in [3.05, 3.63) is 82.2 Å². The van der Waals surface area contributed by atoms with Crippen molar-refractivity contribution in [3.63, 3.8) is 0 Å². The number of aromatic hydroxyl groups is 1. The molecule has 2 unspecified atom stereocenters. The van der Waals surface area contributed by atoms with Crippen molar-refractivity contribution in [1.82, 2.24) is 4.90 Å². The normalized spacial score (nSPS) is 17.9. The Kier molecular flexibility index (Phi) is 18.3. The average Bonchev–Trinajstić information content (AvgIpc) is 3.20. The lowest BCUT2D eigenvalue weighted by molar-refractivity contribution is 0.0724. The van der Waals surface area contributed by atoms with E-state index in [9.17, 15) is 14.5 Å². The Morgan fingerprint density at radius 1 is 0.902 bits per heavy atom. The summed E-state index contributed by atoms with van der Waals surface area (Å²) in [5, 5.41) is 14.4. The first-order valence-electron chi connectivity index (χ1n) is 18.9. The molecule has 10 heteroatoms. The Balaban J connectivity index is 1.98. The molecule has 1 amide bonds. The van der Waals surface area contributed by atoms with Crippen molar-refractivity contribution in [3.8, 4) is 5.75 Å². The maximum atomic E-state index is 14.4. The second-order valence-corrected chi connectivity index (χ2v) is 15.4. The summed E-state index contributed by atoms with van der Waals surface area (Å²) in [7, 11) is -3.97. The van der Waals surface area contributed by atoms with E-state index in [0.717, 1.165) is 56.9 Å². The number of phenols is 1. The highest BCUT2D eigenvalue weighted by molar-refractivity contribution is 7.48. The zero-order valence-electron chi connectivity index (χ0n) is 32.2. The van der Waals surface area contributed by atoms with Crippen LogP contribution in [-0.4, -0.2) is 61.0 Å². The monoisotopic (exact) mass is 726 g/mol. The van der Waals surface area contributed by atoms with Gasteiger partial charge in [0.25, 0.3) is 5.91 Å². The van der Waals surface area contributed by atoms with Crippen LogP contribution < -0.4 is 5.32 Å². The van der Waals surface area contributed by atoms with Gasteiger partial charge in [-0.3, -0.25) is 13.8 Å². The number of phosphoric acid groups is 1. The van der Waals surface area contributed by atoms with Crippen LogP contribution in [0.1, 0.15) is 123 Å². The maximum Gasteiger partial charge on any atom is 0.530 e. The number of phosphoric ester groups is 1. The van der Waals surface area contributed by atoms with Crippen LogP contribution in [0.4, 0.5) is 5.69 Å². The topological polar surface area (TPSA) is 107 Å². The smallest absolute Gasteiger partial charge is 0.506 e. The number of hydrogen-bond donors (Lipinski definition) is 2. The highest BCUT2D eigenvalue weighted by Gasteiger charge is 2.41. The largest absolute Gasteiger partial charge is 0.530 e. The molecule has 1 aromatic carbocycles. The summed E-state index contributed by atoms with van der Waals surface area (Å²) in [6, 6.07) is 3.98. The van der Waals surface area contributed by atoms with E-state index in [2.05, 4.69) is 58.2 Å². The second-order valence-electron chi connectivity index (χ2n) is 13.8. The lowest BCUT2D eigenvalue weighted by Gasteiger charge is -2.37. The summed E-state index contributed by atoms with van der Waals surface area (Å²) in [6.07, 6.45) is 19.3. The minimum Gasteiger partial charge on any atom is -0.506 e. The minimum atomic E-state index is -3.97. The summed E-state index contributed by atoms with van der Waals surface area (Å²) in [4.78, 5) is 16.1. The Morgan fingerprint density at radius 3 is 2.18 bits per heavy atom. The van der Waals surface area contributed by atoms with Gasteiger partial charge < -0.3 is 24.6 Å². The highest BCUT2D eigenvalue weighted by atomic mass is 31.2. The van der Waals surface area contributed by atoms with Crippen LogP contribution in [0.3, 0.4) is 0 Å². The number of para-hydroxylation sites is 1. The van der Waals surface area contributed by atoms with Crippen LogP contribution in [0.25, 0.3) is 0 Å². The second kappa shape index (κ2) is 22.1. The SMILES string of the molecule is CCCCOCC1=CC(OP(=O)(OCCCC)OCCCC)=CC2C1Nc1c(O)cccc1C(=O)N2C/C=C(\C)CC/C=C(\C)CCC=C(C)C.